The quantitative estimate of drug-likeness (QED) is 0.337. The minimum atomic E-state index is 0.251. The van der Waals surface area contributed by atoms with Crippen LogP contribution in [-0.4, -0.2) is 47.8 Å². The van der Waals surface area contributed by atoms with Gasteiger partial charge in [0.2, 0.25) is 5.95 Å². The van der Waals surface area contributed by atoms with Crippen LogP contribution in [-0.2, 0) is 12.8 Å². The Morgan fingerprint density at radius 3 is 2.11 bits per heavy atom. The van der Waals surface area contributed by atoms with Crippen molar-refractivity contribution in [3.8, 4) is 0 Å². The van der Waals surface area contributed by atoms with Crippen molar-refractivity contribution in [2.75, 3.05) is 30.9 Å². The van der Waals surface area contributed by atoms with E-state index >= 15 is 0 Å². The summed E-state index contributed by atoms with van der Waals surface area (Å²) in [4.78, 5) is 11.9. The van der Waals surface area contributed by atoms with E-state index in [1.54, 1.807) is 0 Å². The fourth-order valence-electron chi connectivity index (χ4n) is 5.80. The van der Waals surface area contributed by atoms with E-state index in [0.29, 0.717) is 12.1 Å². The molecule has 3 N–H and O–H groups in total. The number of nitrogens with one attached hydrogen (secondary N) is 3. The maximum absolute atomic E-state index is 5.72. The first-order valence-corrected chi connectivity index (χ1v) is 14.5. The molecule has 2 aromatic carbocycles. The first-order valence-electron chi connectivity index (χ1n) is 14.0. The Labute approximate surface area is 232 Å². The zero-order valence-electron chi connectivity index (χ0n) is 22.6. The SMILES string of the molecule is CN(C)c1nc(NC2CCC(NC(=S)NCC(c3ccccc3)c3ccccc3)CC2)nc2c1CCCC2. The van der Waals surface area contributed by atoms with Crippen molar-refractivity contribution in [3.63, 3.8) is 0 Å². The number of aryl methyl sites for hydroxylation is 1. The third-order valence-electron chi connectivity index (χ3n) is 7.85. The molecule has 2 aliphatic rings. The van der Waals surface area contributed by atoms with Gasteiger partial charge in [-0.25, -0.2) is 4.98 Å². The second-order valence-corrected chi connectivity index (χ2v) is 11.2. The molecular weight excluding hydrogens is 488 g/mol. The molecule has 0 spiro atoms. The van der Waals surface area contributed by atoms with E-state index in [1.165, 1.54) is 35.2 Å². The highest BCUT2D eigenvalue weighted by Crippen LogP contribution is 2.29. The largest absolute Gasteiger partial charge is 0.362 e. The number of aromatic nitrogens is 2. The number of benzene rings is 2. The van der Waals surface area contributed by atoms with Gasteiger partial charge < -0.3 is 20.9 Å². The summed E-state index contributed by atoms with van der Waals surface area (Å²) in [6, 6.07) is 22.1. The molecule has 0 amide bonds. The Balaban J connectivity index is 1.12. The molecule has 6 nitrogen and oxygen atoms in total. The standard InChI is InChI=1S/C31H40N6S/c1-37(2)29-26-15-9-10-16-28(26)35-30(36-29)33-24-17-19-25(20-18-24)34-31(38)32-21-27(22-11-5-3-6-12-22)23-13-7-4-8-14-23/h3-8,11-14,24-25,27H,9-10,15-21H2,1-2H3,(H2,32,34,38)(H,33,35,36). The van der Waals surface area contributed by atoms with Crippen LogP contribution in [0.3, 0.4) is 0 Å². The third kappa shape index (κ3) is 6.62. The van der Waals surface area contributed by atoms with Crippen molar-refractivity contribution in [1.82, 2.24) is 20.6 Å². The lowest BCUT2D eigenvalue weighted by atomic mass is 9.91. The molecule has 0 saturated heterocycles. The van der Waals surface area contributed by atoms with Crippen molar-refractivity contribution in [1.29, 1.82) is 0 Å². The number of nitrogens with zero attached hydrogens (tertiary/aromatic N) is 3. The zero-order chi connectivity index (χ0) is 26.3. The van der Waals surface area contributed by atoms with E-state index in [-0.39, 0.29) is 5.92 Å². The van der Waals surface area contributed by atoms with E-state index in [1.807, 2.05) is 0 Å². The summed E-state index contributed by atoms with van der Waals surface area (Å²) >= 11 is 5.72. The van der Waals surface area contributed by atoms with Crippen LogP contribution in [0.2, 0.25) is 0 Å². The van der Waals surface area contributed by atoms with Crippen molar-refractivity contribution in [2.24, 2.45) is 0 Å². The van der Waals surface area contributed by atoms with Gasteiger partial charge in [-0.3, -0.25) is 0 Å². The predicted octanol–water partition coefficient (Wildman–Crippen LogP) is 5.44. The minimum Gasteiger partial charge on any atom is -0.362 e. The van der Waals surface area contributed by atoms with Crippen molar-refractivity contribution in [3.05, 3.63) is 83.0 Å². The van der Waals surface area contributed by atoms with Crippen LogP contribution in [0.5, 0.6) is 0 Å². The van der Waals surface area contributed by atoms with Crippen molar-refractivity contribution >= 4 is 29.1 Å². The zero-order valence-corrected chi connectivity index (χ0v) is 23.4. The molecule has 0 aliphatic heterocycles. The average Bonchev–Trinajstić information content (AvgIpc) is 2.95. The maximum atomic E-state index is 5.72. The molecule has 1 heterocycles. The Hall–Kier alpha value is -3.19. The van der Waals surface area contributed by atoms with Crippen LogP contribution >= 0.6 is 12.2 Å². The number of hydrogen-bond acceptors (Lipinski definition) is 5. The van der Waals surface area contributed by atoms with Gasteiger partial charge in [0.25, 0.3) is 0 Å². The average molecular weight is 529 g/mol. The smallest absolute Gasteiger partial charge is 0.225 e. The summed E-state index contributed by atoms with van der Waals surface area (Å²) in [5.74, 6) is 2.12. The summed E-state index contributed by atoms with van der Waals surface area (Å²) in [6.07, 6.45) is 8.91. The summed E-state index contributed by atoms with van der Waals surface area (Å²) in [7, 11) is 4.16. The number of hydrogen-bond donors (Lipinski definition) is 3. The van der Waals surface area contributed by atoms with Crippen molar-refractivity contribution in [2.45, 2.75) is 69.4 Å². The lowest BCUT2D eigenvalue weighted by molar-refractivity contribution is 0.385. The highest BCUT2D eigenvalue weighted by atomic mass is 32.1. The summed E-state index contributed by atoms with van der Waals surface area (Å²) in [5, 5.41) is 11.5. The van der Waals surface area contributed by atoms with Crippen LogP contribution < -0.4 is 20.9 Å². The molecule has 7 heteroatoms. The Kier molecular flexibility index (Phi) is 8.74. The van der Waals surface area contributed by atoms with Gasteiger partial charge in [0.05, 0.1) is 5.69 Å². The van der Waals surface area contributed by atoms with Crippen molar-refractivity contribution < 1.29 is 0 Å². The summed E-state index contributed by atoms with van der Waals surface area (Å²) in [6.45, 7) is 0.765. The number of anilines is 2. The van der Waals surface area contributed by atoms with E-state index in [2.05, 4.69) is 95.6 Å². The Morgan fingerprint density at radius 1 is 0.868 bits per heavy atom. The van der Waals surface area contributed by atoms with Gasteiger partial charge in [-0.15, -0.1) is 0 Å². The van der Waals surface area contributed by atoms with Crippen LogP contribution in [0.25, 0.3) is 0 Å². The lowest BCUT2D eigenvalue weighted by Gasteiger charge is -2.31. The van der Waals surface area contributed by atoms with Gasteiger partial charge in [-0.2, -0.15) is 4.98 Å². The topological polar surface area (TPSA) is 65.1 Å². The molecule has 0 radical (unpaired) electrons. The fraction of sp³-hybridized carbons (Fsp3) is 0.452. The summed E-state index contributed by atoms with van der Waals surface area (Å²) < 4.78 is 0. The van der Waals surface area contributed by atoms with Crippen LogP contribution in [0, 0.1) is 0 Å². The lowest BCUT2D eigenvalue weighted by Crippen LogP contribution is -2.45. The molecule has 1 fully saturated rings. The second-order valence-electron chi connectivity index (χ2n) is 10.8. The van der Waals surface area contributed by atoms with E-state index in [0.717, 1.165) is 61.9 Å². The molecule has 0 bridgehead atoms. The number of thiocarbonyl (C=S) groups is 1. The van der Waals surface area contributed by atoms with Gasteiger partial charge in [0.1, 0.15) is 5.82 Å². The highest BCUT2D eigenvalue weighted by molar-refractivity contribution is 7.80. The summed E-state index contributed by atoms with van der Waals surface area (Å²) in [5.41, 5.74) is 5.15. The van der Waals surface area contributed by atoms with Gasteiger partial charge in [-0.1, -0.05) is 60.7 Å². The third-order valence-corrected chi connectivity index (χ3v) is 8.11. The first kappa shape index (κ1) is 26.4. The van der Waals surface area contributed by atoms with Gasteiger partial charge in [0, 0.05) is 44.2 Å². The fourth-order valence-corrected chi connectivity index (χ4v) is 6.05. The molecule has 2 aliphatic carbocycles. The molecule has 38 heavy (non-hydrogen) atoms. The Morgan fingerprint density at radius 2 is 1.47 bits per heavy atom. The molecule has 200 valence electrons. The van der Waals surface area contributed by atoms with E-state index in [4.69, 9.17) is 22.2 Å². The number of rotatable bonds is 8. The highest BCUT2D eigenvalue weighted by Gasteiger charge is 2.24. The van der Waals surface area contributed by atoms with Gasteiger partial charge in [-0.05, 0) is 74.7 Å². The second kappa shape index (κ2) is 12.6. The molecule has 1 saturated carbocycles. The monoisotopic (exact) mass is 528 g/mol. The molecule has 1 aromatic heterocycles. The van der Waals surface area contributed by atoms with E-state index < -0.39 is 0 Å². The normalized spacial score (nSPS) is 18.9. The Bertz CT molecular complexity index is 1150. The molecular formula is C31H40N6S. The van der Waals surface area contributed by atoms with Crippen LogP contribution in [0.15, 0.2) is 60.7 Å². The van der Waals surface area contributed by atoms with Gasteiger partial charge in [0.15, 0.2) is 5.11 Å². The minimum absolute atomic E-state index is 0.251. The van der Waals surface area contributed by atoms with E-state index in [9.17, 15) is 0 Å². The van der Waals surface area contributed by atoms with Crippen LogP contribution in [0.4, 0.5) is 11.8 Å². The first-order chi connectivity index (χ1) is 18.6. The van der Waals surface area contributed by atoms with Gasteiger partial charge >= 0.3 is 0 Å². The molecule has 0 unspecified atom stereocenters. The van der Waals surface area contributed by atoms with Crippen LogP contribution in [0.1, 0.15) is 66.8 Å². The maximum Gasteiger partial charge on any atom is 0.225 e. The predicted molar refractivity (Wildman–Crippen MR) is 161 cm³/mol. The number of fused-ring (bicyclic) bond motifs is 1. The molecule has 5 rings (SSSR count). The molecule has 3 aromatic rings. The molecule has 0 atom stereocenters.